The molecule has 1 amide bonds. The Morgan fingerprint density at radius 3 is 3.12 bits per heavy atom. The predicted molar refractivity (Wildman–Crippen MR) is 61.6 cm³/mol. The van der Waals surface area contributed by atoms with Gasteiger partial charge < -0.3 is 11.1 Å². The summed E-state index contributed by atoms with van der Waals surface area (Å²) < 4.78 is 13.0. The number of carbonyl (C=O) groups excluding carboxylic acids is 1. The molecular weight excluding hydrogens is 225 g/mol. The van der Waals surface area contributed by atoms with Crippen LogP contribution >= 0.6 is 0 Å². The molecule has 0 radical (unpaired) electrons. The number of nitrogen functional groups attached to an aromatic ring is 1. The van der Waals surface area contributed by atoms with E-state index in [1.807, 2.05) is 0 Å². The number of hydrogen-bond acceptors (Lipinski definition) is 4. The number of nitrogens with two attached hydrogens (primary N) is 1. The molecule has 5 nitrogen and oxygen atoms in total. The molecule has 0 aliphatic carbocycles. The molecule has 1 heterocycles. The van der Waals surface area contributed by atoms with Gasteiger partial charge in [-0.3, -0.25) is 9.63 Å². The first kappa shape index (κ1) is 11.8. The van der Waals surface area contributed by atoms with E-state index in [1.54, 1.807) is 5.06 Å². The maximum atomic E-state index is 13.0. The van der Waals surface area contributed by atoms with E-state index in [4.69, 9.17) is 10.6 Å². The summed E-state index contributed by atoms with van der Waals surface area (Å²) in [6.45, 7) is 1.48. The van der Waals surface area contributed by atoms with Gasteiger partial charge in [-0.2, -0.15) is 5.06 Å². The molecule has 1 aromatic carbocycles. The summed E-state index contributed by atoms with van der Waals surface area (Å²) in [4.78, 5) is 16.8. The van der Waals surface area contributed by atoms with Crippen molar-refractivity contribution < 1.29 is 14.0 Å². The monoisotopic (exact) mass is 239 g/mol. The van der Waals surface area contributed by atoms with Crippen LogP contribution in [0.2, 0.25) is 0 Å². The third-order valence-corrected chi connectivity index (χ3v) is 2.44. The lowest BCUT2D eigenvalue weighted by atomic mass is 10.2. The van der Waals surface area contributed by atoms with Gasteiger partial charge in [-0.15, -0.1) is 0 Å². The largest absolute Gasteiger partial charge is 0.397 e. The summed E-state index contributed by atoms with van der Waals surface area (Å²) in [5.41, 5.74) is 6.24. The number of hydroxylamine groups is 2. The number of rotatable bonds is 3. The van der Waals surface area contributed by atoms with Gasteiger partial charge in [-0.05, 0) is 24.6 Å². The Labute approximate surface area is 98.3 Å². The Hall–Kier alpha value is -1.66. The van der Waals surface area contributed by atoms with E-state index in [9.17, 15) is 9.18 Å². The van der Waals surface area contributed by atoms with Gasteiger partial charge in [0, 0.05) is 6.54 Å². The van der Waals surface area contributed by atoms with E-state index in [2.05, 4.69) is 5.32 Å². The van der Waals surface area contributed by atoms with Gasteiger partial charge in [0.25, 0.3) is 0 Å². The smallest absolute Gasteiger partial charge is 0.241 e. The summed E-state index contributed by atoms with van der Waals surface area (Å²) in [6, 6.07) is 3.85. The topological polar surface area (TPSA) is 67.6 Å². The molecule has 17 heavy (non-hydrogen) atoms. The molecule has 2 rings (SSSR count). The van der Waals surface area contributed by atoms with Gasteiger partial charge in [0.2, 0.25) is 5.91 Å². The van der Waals surface area contributed by atoms with Gasteiger partial charge in [-0.25, -0.2) is 4.39 Å². The van der Waals surface area contributed by atoms with Crippen LogP contribution in [0.5, 0.6) is 0 Å². The van der Waals surface area contributed by atoms with Crippen LogP contribution in [0.1, 0.15) is 6.42 Å². The maximum absolute atomic E-state index is 13.0. The van der Waals surface area contributed by atoms with Crippen LogP contribution in [0.4, 0.5) is 15.8 Å². The number of hydrogen-bond donors (Lipinski definition) is 2. The SMILES string of the molecule is Nc1ccc(F)cc1NC(=O)CN1CCCO1. The second-order valence-electron chi connectivity index (χ2n) is 3.83. The van der Waals surface area contributed by atoms with Gasteiger partial charge in [0.1, 0.15) is 12.4 Å². The average Bonchev–Trinajstić information content (AvgIpc) is 2.76. The van der Waals surface area contributed by atoms with Gasteiger partial charge >= 0.3 is 0 Å². The first-order valence-corrected chi connectivity index (χ1v) is 5.38. The van der Waals surface area contributed by atoms with Gasteiger partial charge in [0.05, 0.1) is 18.0 Å². The molecule has 1 fully saturated rings. The quantitative estimate of drug-likeness (QED) is 0.772. The van der Waals surface area contributed by atoms with Crippen molar-refractivity contribution in [1.82, 2.24) is 5.06 Å². The molecule has 3 N–H and O–H groups in total. The number of benzene rings is 1. The highest BCUT2D eigenvalue weighted by Gasteiger charge is 2.16. The number of halogens is 1. The summed E-state index contributed by atoms with van der Waals surface area (Å²) in [5, 5.41) is 4.13. The Balaban J connectivity index is 1.95. The molecule has 1 aliphatic rings. The standard InChI is InChI=1S/C11H14FN3O2/c12-8-2-3-9(13)10(6-8)14-11(16)7-15-4-1-5-17-15/h2-3,6H,1,4-5,7,13H2,(H,14,16). The minimum Gasteiger partial charge on any atom is -0.397 e. The van der Waals surface area contributed by atoms with E-state index in [1.165, 1.54) is 18.2 Å². The van der Waals surface area contributed by atoms with Crippen LogP contribution in [-0.2, 0) is 9.63 Å². The summed E-state index contributed by atoms with van der Waals surface area (Å²) in [6.07, 6.45) is 0.912. The van der Waals surface area contributed by atoms with E-state index in [0.717, 1.165) is 13.0 Å². The van der Waals surface area contributed by atoms with E-state index >= 15 is 0 Å². The fraction of sp³-hybridized carbons (Fsp3) is 0.364. The van der Waals surface area contributed by atoms with Gasteiger partial charge in [0.15, 0.2) is 0 Å². The van der Waals surface area contributed by atoms with Crippen LogP contribution in [0, 0.1) is 5.82 Å². The van der Waals surface area contributed by atoms with Crippen molar-refractivity contribution in [2.75, 3.05) is 30.7 Å². The number of amides is 1. The third-order valence-electron chi connectivity index (χ3n) is 2.44. The number of carbonyl (C=O) groups is 1. The lowest BCUT2D eigenvalue weighted by molar-refractivity contribution is -0.137. The fourth-order valence-electron chi connectivity index (χ4n) is 1.61. The first-order valence-electron chi connectivity index (χ1n) is 5.38. The van der Waals surface area contributed by atoms with Crippen LogP contribution in [0.25, 0.3) is 0 Å². The van der Waals surface area contributed by atoms with Crippen LogP contribution < -0.4 is 11.1 Å². The van der Waals surface area contributed by atoms with Crippen LogP contribution in [-0.4, -0.2) is 30.7 Å². The third kappa shape index (κ3) is 3.15. The molecule has 0 aromatic heterocycles. The highest BCUT2D eigenvalue weighted by molar-refractivity contribution is 5.95. The number of anilines is 2. The molecular formula is C11H14FN3O2. The summed E-state index contributed by atoms with van der Waals surface area (Å²) >= 11 is 0. The molecule has 0 saturated carbocycles. The van der Waals surface area contributed by atoms with Gasteiger partial charge in [-0.1, -0.05) is 0 Å². The number of nitrogens with zero attached hydrogens (tertiary/aromatic N) is 1. The molecule has 0 spiro atoms. The maximum Gasteiger partial charge on any atom is 0.241 e. The minimum atomic E-state index is -0.438. The Kier molecular flexibility index (Phi) is 3.55. The van der Waals surface area contributed by atoms with Crippen molar-refractivity contribution >= 4 is 17.3 Å². The van der Waals surface area contributed by atoms with Crippen molar-refractivity contribution in [2.24, 2.45) is 0 Å². The molecule has 1 aliphatic heterocycles. The van der Waals surface area contributed by atoms with Crippen LogP contribution in [0.3, 0.4) is 0 Å². The summed E-state index contributed by atoms with van der Waals surface area (Å²) in [7, 11) is 0. The Morgan fingerprint density at radius 1 is 1.59 bits per heavy atom. The fourth-order valence-corrected chi connectivity index (χ4v) is 1.61. The Bertz CT molecular complexity index is 419. The van der Waals surface area contributed by atoms with E-state index in [-0.39, 0.29) is 18.1 Å². The average molecular weight is 239 g/mol. The van der Waals surface area contributed by atoms with Crippen molar-refractivity contribution in [2.45, 2.75) is 6.42 Å². The predicted octanol–water partition coefficient (Wildman–Crippen LogP) is 0.984. The zero-order valence-corrected chi connectivity index (χ0v) is 9.28. The molecule has 0 atom stereocenters. The van der Waals surface area contributed by atoms with E-state index < -0.39 is 5.82 Å². The molecule has 0 bridgehead atoms. The normalized spacial score (nSPS) is 16.1. The molecule has 92 valence electrons. The molecule has 0 unspecified atom stereocenters. The lowest BCUT2D eigenvalue weighted by Crippen LogP contribution is -2.30. The molecule has 1 aromatic rings. The van der Waals surface area contributed by atoms with Crippen LogP contribution in [0.15, 0.2) is 18.2 Å². The number of nitrogens with one attached hydrogen (secondary N) is 1. The highest BCUT2D eigenvalue weighted by atomic mass is 19.1. The van der Waals surface area contributed by atoms with Crippen molar-refractivity contribution in [3.63, 3.8) is 0 Å². The Morgan fingerprint density at radius 2 is 2.41 bits per heavy atom. The van der Waals surface area contributed by atoms with E-state index in [0.29, 0.717) is 12.3 Å². The first-order chi connectivity index (χ1) is 8.15. The molecule has 6 heteroatoms. The highest BCUT2D eigenvalue weighted by Crippen LogP contribution is 2.19. The zero-order valence-electron chi connectivity index (χ0n) is 9.28. The second kappa shape index (κ2) is 5.11. The second-order valence-corrected chi connectivity index (χ2v) is 3.83. The van der Waals surface area contributed by atoms with Crippen molar-refractivity contribution in [3.8, 4) is 0 Å². The zero-order chi connectivity index (χ0) is 12.3. The lowest BCUT2D eigenvalue weighted by Gasteiger charge is -2.14. The van der Waals surface area contributed by atoms with Crippen molar-refractivity contribution in [1.29, 1.82) is 0 Å². The van der Waals surface area contributed by atoms with Crippen molar-refractivity contribution in [3.05, 3.63) is 24.0 Å². The summed E-state index contributed by atoms with van der Waals surface area (Å²) in [5.74, 6) is -0.712. The minimum absolute atomic E-state index is 0.121. The molecule has 1 saturated heterocycles.